The van der Waals surface area contributed by atoms with Crippen LogP contribution < -0.4 is 0 Å². The number of rotatable bonds is 28. The minimum absolute atomic E-state index is 0.131. The van der Waals surface area contributed by atoms with Gasteiger partial charge < -0.3 is 30.1 Å². The van der Waals surface area contributed by atoms with Crippen LogP contribution in [0, 0.1) is 0 Å². The molecule has 9 heteroatoms. The Morgan fingerprint density at radius 3 is 1.85 bits per heavy atom. The molecule has 0 saturated carbocycles. The number of nitrogens with zero attached hydrogens (tertiary/aromatic N) is 4. The Kier molecular flexibility index (Phi) is 22.6. The molecule has 0 aliphatic rings. The molecule has 0 bridgehead atoms. The summed E-state index contributed by atoms with van der Waals surface area (Å²) < 4.78 is 7.24. The van der Waals surface area contributed by atoms with E-state index in [-0.39, 0.29) is 13.2 Å². The maximum atomic E-state index is 10.7. The summed E-state index contributed by atoms with van der Waals surface area (Å²) >= 11 is 0. The van der Waals surface area contributed by atoms with E-state index in [4.69, 9.17) is 9.84 Å². The lowest BCUT2D eigenvalue weighted by atomic mass is 10.1. The molecule has 0 unspecified atom stereocenters. The molecule has 0 fully saturated rings. The lowest BCUT2D eigenvalue weighted by Crippen LogP contribution is -2.35. The topological polar surface area (TPSA) is 124 Å². The van der Waals surface area contributed by atoms with Crippen LogP contribution in [-0.2, 0) is 11.2 Å². The van der Waals surface area contributed by atoms with E-state index in [2.05, 4.69) is 29.1 Å². The van der Waals surface area contributed by atoms with Crippen molar-refractivity contribution in [2.45, 2.75) is 148 Å². The third-order valence-corrected chi connectivity index (χ3v) is 7.70. The molecule has 4 atom stereocenters. The van der Waals surface area contributed by atoms with Gasteiger partial charge in [0.05, 0.1) is 31.6 Å². The number of aromatic nitrogens is 3. The summed E-state index contributed by atoms with van der Waals surface area (Å²) in [7, 11) is 0. The van der Waals surface area contributed by atoms with Crippen molar-refractivity contribution >= 4 is 0 Å². The van der Waals surface area contributed by atoms with Crippen LogP contribution in [0.5, 0.6) is 0 Å². The van der Waals surface area contributed by atoms with Gasteiger partial charge in [-0.25, -0.2) is 4.68 Å². The second-order valence-corrected chi connectivity index (χ2v) is 11.4. The highest BCUT2D eigenvalue weighted by atomic mass is 16.5. The van der Waals surface area contributed by atoms with Crippen LogP contribution in [0.25, 0.3) is 0 Å². The molecule has 0 spiro atoms. The molecule has 0 radical (unpaired) electrons. The summed E-state index contributed by atoms with van der Waals surface area (Å²) in [6.07, 6.45) is 17.8. The lowest BCUT2D eigenvalue weighted by Gasteiger charge is -2.24. The van der Waals surface area contributed by atoms with E-state index in [1.54, 1.807) is 4.68 Å². The Hall–Kier alpha value is -1.10. The van der Waals surface area contributed by atoms with Crippen molar-refractivity contribution in [2.75, 3.05) is 39.5 Å². The molecule has 1 aromatic rings. The van der Waals surface area contributed by atoms with Crippen molar-refractivity contribution in [2.24, 2.45) is 0 Å². The predicted octanol–water partition coefficient (Wildman–Crippen LogP) is 4.67. The summed E-state index contributed by atoms with van der Waals surface area (Å²) in [5.41, 5.74) is 0.910. The molecule has 0 amide bonds. The molecule has 236 valence electrons. The van der Waals surface area contributed by atoms with E-state index in [1.807, 2.05) is 13.1 Å². The van der Waals surface area contributed by atoms with Crippen LogP contribution in [0.3, 0.4) is 0 Å². The van der Waals surface area contributed by atoms with Crippen LogP contribution >= 0.6 is 0 Å². The molecule has 4 N–H and O–H groups in total. The highest BCUT2D eigenvalue weighted by molar-refractivity contribution is 4.94. The average Bonchev–Trinajstić information content (AvgIpc) is 3.42. The Morgan fingerprint density at radius 2 is 1.30 bits per heavy atom. The van der Waals surface area contributed by atoms with Crippen molar-refractivity contribution in [1.29, 1.82) is 0 Å². The normalized spacial score (nSPS) is 15.0. The third kappa shape index (κ3) is 17.0. The average molecular weight is 571 g/mol. The molecule has 1 aromatic heterocycles. The quantitative estimate of drug-likeness (QED) is 0.107. The molecule has 0 aromatic carbocycles. The molecular weight excluding hydrogens is 508 g/mol. The largest absolute Gasteiger partial charge is 0.394 e. The van der Waals surface area contributed by atoms with Crippen LogP contribution in [-0.4, -0.2) is 98.1 Å². The molecule has 0 aliphatic carbocycles. The van der Waals surface area contributed by atoms with Gasteiger partial charge >= 0.3 is 0 Å². The Morgan fingerprint density at radius 1 is 0.725 bits per heavy atom. The van der Waals surface area contributed by atoms with Gasteiger partial charge in [-0.05, 0) is 58.2 Å². The van der Waals surface area contributed by atoms with Crippen LogP contribution in [0.4, 0.5) is 0 Å². The molecule has 9 nitrogen and oxygen atoms in total. The fraction of sp³-hybridized carbons (Fsp3) is 0.935. The first kappa shape index (κ1) is 36.9. The first-order chi connectivity index (χ1) is 19.5. The number of ether oxygens (including phenoxy) is 1. The summed E-state index contributed by atoms with van der Waals surface area (Å²) in [6.45, 7) is 9.65. The summed E-state index contributed by atoms with van der Waals surface area (Å²) in [4.78, 5) is 2.68. The van der Waals surface area contributed by atoms with Gasteiger partial charge in [0.25, 0.3) is 0 Å². The number of aliphatic hydroxyl groups is 4. The first-order valence-electron chi connectivity index (χ1n) is 16.3. The van der Waals surface area contributed by atoms with Crippen molar-refractivity contribution in [1.82, 2.24) is 19.9 Å². The summed E-state index contributed by atoms with van der Waals surface area (Å²) in [6, 6.07) is -0.428. The van der Waals surface area contributed by atoms with Gasteiger partial charge in [0.1, 0.15) is 18.2 Å². The Bertz CT molecular complexity index is 678. The van der Waals surface area contributed by atoms with Gasteiger partial charge in [0.2, 0.25) is 0 Å². The van der Waals surface area contributed by atoms with Crippen LogP contribution in [0.1, 0.15) is 129 Å². The number of hydrogen-bond donors (Lipinski definition) is 4. The van der Waals surface area contributed by atoms with Crippen LogP contribution in [0.2, 0.25) is 0 Å². The zero-order chi connectivity index (χ0) is 29.4. The van der Waals surface area contributed by atoms with Gasteiger partial charge in [-0.3, -0.25) is 0 Å². The molecule has 1 heterocycles. The van der Waals surface area contributed by atoms with E-state index >= 15 is 0 Å². The molecular formula is C31H62N4O5. The van der Waals surface area contributed by atoms with E-state index < -0.39 is 31.0 Å². The highest BCUT2D eigenvalue weighted by Gasteiger charge is 2.24. The van der Waals surface area contributed by atoms with Crippen molar-refractivity contribution < 1.29 is 25.2 Å². The van der Waals surface area contributed by atoms with Gasteiger partial charge in [0.15, 0.2) is 0 Å². The number of hydrogen-bond acceptors (Lipinski definition) is 8. The monoisotopic (exact) mass is 570 g/mol. The van der Waals surface area contributed by atoms with Gasteiger partial charge in [-0.2, -0.15) is 0 Å². The molecule has 40 heavy (non-hydrogen) atoms. The maximum absolute atomic E-state index is 10.7. The molecule has 0 saturated heterocycles. The zero-order valence-electron chi connectivity index (χ0n) is 25.9. The number of aliphatic hydroxyl groups excluding tert-OH is 4. The standard InChI is InChI=1S/C31H62N4O5/c1-4-7-9-11-15-20-34(21-16-12-10-8-5-2)22-17-13-14-19-27-23-35(33-32-27)28(29(37)18-6-3)25-40-26-31(39)30(38)24-36/h23,28-31,36-39H,4-22,24-26H2,1-3H3/t28-,29+,30-,31-/m0/s1. The third-order valence-electron chi connectivity index (χ3n) is 7.70. The molecule has 1 rings (SSSR count). The second kappa shape index (κ2) is 24.5. The van der Waals surface area contributed by atoms with E-state index in [1.165, 1.54) is 90.3 Å². The number of aryl methyl sites for hydroxylation is 1. The minimum atomic E-state index is -1.25. The summed E-state index contributed by atoms with van der Waals surface area (Å²) in [5, 5.41) is 47.6. The van der Waals surface area contributed by atoms with Crippen molar-refractivity contribution in [3.05, 3.63) is 11.9 Å². The fourth-order valence-corrected chi connectivity index (χ4v) is 5.02. The Labute approximate surface area is 244 Å². The van der Waals surface area contributed by atoms with E-state index in [0.717, 1.165) is 31.4 Å². The van der Waals surface area contributed by atoms with E-state index in [9.17, 15) is 15.3 Å². The lowest BCUT2D eigenvalue weighted by molar-refractivity contribution is -0.0685. The smallest absolute Gasteiger partial charge is 0.105 e. The zero-order valence-corrected chi connectivity index (χ0v) is 25.9. The fourth-order valence-electron chi connectivity index (χ4n) is 5.02. The van der Waals surface area contributed by atoms with Crippen LogP contribution in [0.15, 0.2) is 6.20 Å². The van der Waals surface area contributed by atoms with Crippen molar-refractivity contribution in [3.8, 4) is 0 Å². The SMILES string of the molecule is CCCCCCCN(CCCCCCC)CCCCCc1cn([C@@H](COC[C@H](O)[C@@H](O)CO)[C@H](O)CCC)nn1. The van der Waals surface area contributed by atoms with Gasteiger partial charge in [0, 0.05) is 6.20 Å². The van der Waals surface area contributed by atoms with E-state index in [0.29, 0.717) is 6.42 Å². The maximum Gasteiger partial charge on any atom is 0.105 e. The van der Waals surface area contributed by atoms with Gasteiger partial charge in [-0.1, -0.05) is 90.2 Å². The van der Waals surface area contributed by atoms with Gasteiger partial charge in [-0.15, -0.1) is 5.10 Å². The summed E-state index contributed by atoms with van der Waals surface area (Å²) in [5.74, 6) is 0. The van der Waals surface area contributed by atoms with Crippen molar-refractivity contribution in [3.63, 3.8) is 0 Å². The molecule has 0 aliphatic heterocycles. The Balaban J connectivity index is 2.48. The second-order valence-electron chi connectivity index (χ2n) is 11.4. The number of unbranched alkanes of at least 4 members (excludes halogenated alkanes) is 10. The highest BCUT2D eigenvalue weighted by Crippen LogP contribution is 2.18. The minimum Gasteiger partial charge on any atom is -0.394 e. The first-order valence-corrected chi connectivity index (χ1v) is 16.3. The predicted molar refractivity (Wildman–Crippen MR) is 161 cm³/mol.